The highest BCUT2D eigenvalue weighted by molar-refractivity contribution is 6.30. The minimum Gasteiger partial charge on any atom is -0.326 e. The molecule has 0 saturated carbocycles. The third kappa shape index (κ3) is 4.05. The number of aryl methyl sites for hydroxylation is 1. The van der Waals surface area contributed by atoms with Crippen LogP contribution in [-0.4, -0.2) is 35.2 Å². The van der Waals surface area contributed by atoms with E-state index in [0.717, 1.165) is 5.06 Å². The number of carbonyl (C=O) groups excluding carboxylic acids is 2. The second-order valence-corrected chi connectivity index (χ2v) is 6.63. The predicted molar refractivity (Wildman–Crippen MR) is 103 cm³/mol. The van der Waals surface area contributed by atoms with Crippen LogP contribution in [0.3, 0.4) is 0 Å². The number of carbonyl (C=O) groups is 2. The third-order valence-corrected chi connectivity index (χ3v) is 4.45. The number of hydrogen-bond donors (Lipinski definition) is 1. The van der Waals surface area contributed by atoms with Crippen molar-refractivity contribution >= 4 is 40.6 Å². The predicted octanol–water partition coefficient (Wildman–Crippen LogP) is 3.71. The molecule has 1 N–H and O–H groups in total. The van der Waals surface area contributed by atoms with Crippen molar-refractivity contribution in [2.45, 2.75) is 19.6 Å². The summed E-state index contributed by atoms with van der Waals surface area (Å²) < 4.78 is 0. The quantitative estimate of drug-likeness (QED) is 0.604. The molecule has 0 aliphatic carbocycles. The zero-order valence-electron chi connectivity index (χ0n) is 15.1. The first-order chi connectivity index (χ1) is 13.3. The Kier molecular flexibility index (Phi) is 5.48. The van der Waals surface area contributed by atoms with Gasteiger partial charge in [-0.2, -0.15) is 0 Å². The van der Waals surface area contributed by atoms with E-state index < -0.39 is 23.1 Å². The standard InChI is InChI=1S/C18H17ClN4O5/c1-11-9-14(23(26)27)7-8-15(11)20-16(24)10-17-22(18(25)21(2)28-17)13-5-3-12(19)4-6-13/h3-9,17H,10H2,1-2H3,(H,20,24)/t17-/m1/s1. The van der Waals surface area contributed by atoms with E-state index in [9.17, 15) is 19.7 Å². The van der Waals surface area contributed by atoms with Gasteiger partial charge in [-0.15, -0.1) is 0 Å². The Labute approximate surface area is 165 Å². The molecule has 3 amide bonds. The Hall–Kier alpha value is -3.17. The number of hydroxylamine groups is 2. The number of rotatable bonds is 5. The lowest BCUT2D eigenvalue weighted by molar-refractivity contribution is -0.384. The molecule has 1 aliphatic rings. The largest absolute Gasteiger partial charge is 0.350 e. The van der Waals surface area contributed by atoms with Crippen molar-refractivity contribution in [1.82, 2.24) is 5.06 Å². The van der Waals surface area contributed by atoms with E-state index in [-0.39, 0.29) is 12.1 Å². The van der Waals surface area contributed by atoms with Gasteiger partial charge in [0.15, 0.2) is 6.23 Å². The lowest BCUT2D eigenvalue weighted by Gasteiger charge is -2.20. The van der Waals surface area contributed by atoms with Crippen LogP contribution in [0.15, 0.2) is 42.5 Å². The summed E-state index contributed by atoms with van der Waals surface area (Å²) in [5.74, 6) is -0.399. The number of hydrogen-bond acceptors (Lipinski definition) is 5. The second kappa shape index (κ2) is 7.83. The summed E-state index contributed by atoms with van der Waals surface area (Å²) in [7, 11) is 1.46. The van der Waals surface area contributed by atoms with Gasteiger partial charge in [0.05, 0.1) is 11.3 Å². The average Bonchev–Trinajstić information content (AvgIpc) is 2.91. The summed E-state index contributed by atoms with van der Waals surface area (Å²) in [5.41, 5.74) is 1.49. The maximum Gasteiger partial charge on any atom is 0.350 e. The molecule has 2 aromatic rings. The Morgan fingerprint density at radius 2 is 1.96 bits per heavy atom. The molecular formula is C18H17ClN4O5. The Morgan fingerprint density at radius 1 is 1.29 bits per heavy atom. The van der Waals surface area contributed by atoms with E-state index in [1.165, 1.54) is 30.1 Å². The van der Waals surface area contributed by atoms with Crippen molar-refractivity contribution in [2.75, 3.05) is 17.3 Å². The van der Waals surface area contributed by atoms with Crippen LogP contribution in [0.5, 0.6) is 0 Å². The van der Waals surface area contributed by atoms with E-state index in [4.69, 9.17) is 16.4 Å². The number of benzene rings is 2. The Morgan fingerprint density at radius 3 is 2.57 bits per heavy atom. The fraction of sp³-hybridized carbons (Fsp3) is 0.222. The first kappa shape index (κ1) is 19.6. The van der Waals surface area contributed by atoms with Gasteiger partial charge in [-0.1, -0.05) is 11.6 Å². The Balaban J connectivity index is 1.74. The van der Waals surface area contributed by atoms with Gasteiger partial charge in [-0.3, -0.25) is 19.8 Å². The minimum atomic E-state index is -0.836. The monoisotopic (exact) mass is 404 g/mol. The van der Waals surface area contributed by atoms with E-state index in [0.29, 0.717) is 22.0 Å². The molecule has 2 aromatic carbocycles. The zero-order chi connectivity index (χ0) is 20.4. The minimum absolute atomic E-state index is 0.0595. The van der Waals surface area contributed by atoms with Crippen LogP contribution in [0.2, 0.25) is 5.02 Å². The Bertz CT molecular complexity index is 934. The summed E-state index contributed by atoms with van der Waals surface area (Å²) >= 11 is 5.89. The van der Waals surface area contributed by atoms with Gasteiger partial charge in [0.25, 0.3) is 5.69 Å². The summed E-state index contributed by atoms with van der Waals surface area (Å²) in [6, 6.07) is 10.3. The summed E-state index contributed by atoms with van der Waals surface area (Å²) in [5, 5.41) is 15.1. The van der Waals surface area contributed by atoms with Crippen LogP contribution in [-0.2, 0) is 9.63 Å². The van der Waals surface area contributed by atoms with Crippen molar-refractivity contribution in [3.8, 4) is 0 Å². The maximum atomic E-state index is 12.5. The molecule has 0 aromatic heterocycles. The fourth-order valence-electron chi connectivity index (χ4n) is 2.82. The third-order valence-electron chi connectivity index (χ3n) is 4.20. The van der Waals surface area contributed by atoms with Crippen molar-refractivity contribution in [2.24, 2.45) is 0 Å². The highest BCUT2D eigenvalue weighted by atomic mass is 35.5. The number of nitrogens with one attached hydrogen (secondary N) is 1. The number of nitrogens with zero attached hydrogens (tertiary/aromatic N) is 3. The first-order valence-corrected chi connectivity index (χ1v) is 8.68. The van der Waals surface area contributed by atoms with E-state index in [1.807, 2.05) is 0 Å². The molecular weight excluding hydrogens is 388 g/mol. The molecule has 0 unspecified atom stereocenters. The summed E-state index contributed by atoms with van der Waals surface area (Å²) in [6.45, 7) is 1.66. The lowest BCUT2D eigenvalue weighted by atomic mass is 10.1. The number of non-ortho nitro benzene ring substituents is 1. The van der Waals surface area contributed by atoms with Gasteiger partial charge in [-0.05, 0) is 42.8 Å². The van der Waals surface area contributed by atoms with Crippen molar-refractivity contribution in [1.29, 1.82) is 0 Å². The van der Waals surface area contributed by atoms with Crippen LogP contribution < -0.4 is 10.2 Å². The molecule has 1 saturated heterocycles. The lowest BCUT2D eigenvalue weighted by Crippen LogP contribution is -2.36. The molecule has 28 heavy (non-hydrogen) atoms. The highest BCUT2D eigenvalue weighted by Crippen LogP contribution is 2.28. The topological polar surface area (TPSA) is 105 Å². The number of nitro groups is 1. The van der Waals surface area contributed by atoms with Crippen LogP contribution >= 0.6 is 11.6 Å². The van der Waals surface area contributed by atoms with E-state index in [1.54, 1.807) is 31.2 Å². The average molecular weight is 405 g/mol. The number of urea groups is 1. The molecule has 146 valence electrons. The molecule has 0 spiro atoms. The van der Waals surface area contributed by atoms with E-state index in [2.05, 4.69) is 5.32 Å². The van der Waals surface area contributed by atoms with Gasteiger partial charge >= 0.3 is 6.03 Å². The molecule has 1 aliphatic heterocycles. The molecule has 10 heteroatoms. The fourth-order valence-corrected chi connectivity index (χ4v) is 2.94. The first-order valence-electron chi connectivity index (χ1n) is 8.30. The normalized spacial score (nSPS) is 16.4. The van der Waals surface area contributed by atoms with Crippen LogP contribution in [0, 0.1) is 17.0 Å². The molecule has 1 heterocycles. The number of anilines is 2. The SMILES string of the molecule is Cc1cc([N+](=O)[O-])ccc1NC(=O)C[C@H]1ON(C)C(=O)N1c1ccc(Cl)cc1. The molecule has 9 nitrogen and oxygen atoms in total. The van der Waals surface area contributed by atoms with E-state index >= 15 is 0 Å². The molecule has 0 radical (unpaired) electrons. The van der Waals surface area contributed by atoms with Gasteiger partial charge in [0, 0.05) is 35.6 Å². The van der Waals surface area contributed by atoms with Crippen molar-refractivity contribution in [3.05, 3.63) is 63.2 Å². The summed E-state index contributed by atoms with van der Waals surface area (Å²) in [6.07, 6.45) is -0.966. The van der Waals surface area contributed by atoms with Gasteiger partial charge in [-0.25, -0.2) is 14.7 Å². The number of amides is 3. The second-order valence-electron chi connectivity index (χ2n) is 6.20. The smallest absolute Gasteiger partial charge is 0.326 e. The number of nitro benzene ring substituents is 1. The van der Waals surface area contributed by atoms with Crippen LogP contribution in [0.25, 0.3) is 0 Å². The van der Waals surface area contributed by atoms with Crippen LogP contribution in [0.1, 0.15) is 12.0 Å². The van der Waals surface area contributed by atoms with Gasteiger partial charge in [0.1, 0.15) is 0 Å². The highest BCUT2D eigenvalue weighted by Gasteiger charge is 2.39. The van der Waals surface area contributed by atoms with Crippen molar-refractivity contribution in [3.63, 3.8) is 0 Å². The van der Waals surface area contributed by atoms with Gasteiger partial charge in [0.2, 0.25) is 5.91 Å². The van der Waals surface area contributed by atoms with Gasteiger partial charge < -0.3 is 5.32 Å². The van der Waals surface area contributed by atoms with Crippen molar-refractivity contribution < 1.29 is 19.3 Å². The van der Waals surface area contributed by atoms with Crippen LogP contribution in [0.4, 0.5) is 21.9 Å². The summed E-state index contributed by atoms with van der Waals surface area (Å²) in [4.78, 5) is 42.0. The zero-order valence-corrected chi connectivity index (χ0v) is 15.8. The molecule has 0 bridgehead atoms. The molecule has 3 rings (SSSR count). The maximum absolute atomic E-state index is 12.5. The molecule has 1 atom stereocenters. The number of halogens is 1. The molecule has 1 fully saturated rings.